The molecule has 0 radical (unpaired) electrons. The summed E-state index contributed by atoms with van der Waals surface area (Å²) in [6.45, 7) is 2.59. The smallest absolute Gasteiger partial charge is 0.251 e. The molecule has 2 N–H and O–H groups in total. The van der Waals surface area contributed by atoms with Crippen molar-refractivity contribution < 1.29 is 9.59 Å². The molecule has 1 aliphatic heterocycles. The van der Waals surface area contributed by atoms with Crippen LogP contribution < -0.4 is 10.6 Å². The van der Waals surface area contributed by atoms with Gasteiger partial charge in [0, 0.05) is 25.6 Å². The highest BCUT2D eigenvalue weighted by atomic mass is 16.2. The summed E-state index contributed by atoms with van der Waals surface area (Å²) < 4.78 is 0. The van der Waals surface area contributed by atoms with Crippen molar-refractivity contribution in [3.8, 4) is 0 Å². The van der Waals surface area contributed by atoms with Gasteiger partial charge in [-0.2, -0.15) is 0 Å². The highest BCUT2D eigenvalue weighted by Gasteiger charge is 2.17. The Morgan fingerprint density at radius 2 is 2.35 bits per heavy atom. The Morgan fingerprint density at radius 3 is 3.12 bits per heavy atom. The van der Waals surface area contributed by atoms with Crippen molar-refractivity contribution in [2.24, 2.45) is 0 Å². The molecule has 0 saturated heterocycles. The van der Waals surface area contributed by atoms with Gasteiger partial charge in [0.1, 0.15) is 0 Å². The second kappa shape index (κ2) is 4.82. The summed E-state index contributed by atoms with van der Waals surface area (Å²) in [7, 11) is 0. The number of benzene rings is 1. The minimum atomic E-state index is -0.0528. The van der Waals surface area contributed by atoms with Gasteiger partial charge in [-0.05, 0) is 17.2 Å². The van der Waals surface area contributed by atoms with Crippen molar-refractivity contribution >= 4 is 17.9 Å². The Bertz CT molecular complexity index is 492. The number of hydrogen-bond donors (Lipinski definition) is 2. The van der Waals surface area contributed by atoms with Gasteiger partial charge in [-0.3, -0.25) is 9.59 Å². The van der Waals surface area contributed by atoms with E-state index in [1.54, 1.807) is 0 Å². The lowest BCUT2D eigenvalue weighted by Crippen LogP contribution is -2.19. The Balaban J connectivity index is 2.05. The van der Waals surface area contributed by atoms with Gasteiger partial charge < -0.3 is 10.6 Å². The Hall–Kier alpha value is -2.10. The molecule has 0 aliphatic carbocycles. The van der Waals surface area contributed by atoms with Crippen molar-refractivity contribution in [3.63, 3.8) is 0 Å². The lowest BCUT2D eigenvalue weighted by atomic mass is 10.1. The summed E-state index contributed by atoms with van der Waals surface area (Å²) in [6, 6.07) is 5.77. The van der Waals surface area contributed by atoms with Crippen LogP contribution in [-0.2, 0) is 11.3 Å². The van der Waals surface area contributed by atoms with Crippen molar-refractivity contribution in [2.75, 3.05) is 6.54 Å². The van der Waals surface area contributed by atoms with Crippen LogP contribution in [0.4, 0.5) is 0 Å². The molecule has 0 saturated carbocycles. The maximum atomic E-state index is 11.4. The number of fused-ring (bicyclic) bond motifs is 1. The molecule has 1 aliphatic rings. The van der Waals surface area contributed by atoms with E-state index in [1.165, 1.54) is 6.92 Å². The number of hydrogen-bond acceptors (Lipinski definition) is 2. The molecular weight excluding hydrogens is 216 g/mol. The van der Waals surface area contributed by atoms with Crippen LogP contribution in [0.25, 0.3) is 6.08 Å². The first-order chi connectivity index (χ1) is 8.16. The highest BCUT2D eigenvalue weighted by molar-refractivity contribution is 5.98. The topological polar surface area (TPSA) is 58.2 Å². The zero-order chi connectivity index (χ0) is 12.3. The van der Waals surface area contributed by atoms with Gasteiger partial charge in [0.15, 0.2) is 0 Å². The quantitative estimate of drug-likeness (QED) is 0.816. The molecule has 1 aromatic carbocycles. The molecule has 17 heavy (non-hydrogen) atoms. The zero-order valence-electron chi connectivity index (χ0n) is 9.62. The lowest BCUT2D eigenvalue weighted by molar-refractivity contribution is -0.118. The van der Waals surface area contributed by atoms with E-state index in [0.29, 0.717) is 13.1 Å². The third-order valence-electron chi connectivity index (χ3n) is 2.60. The van der Waals surface area contributed by atoms with E-state index in [4.69, 9.17) is 0 Å². The van der Waals surface area contributed by atoms with Crippen LogP contribution in [0.15, 0.2) is 24.3 Å². The second-order valence-corrected chi connectivity index (χ2v) is 3.94. The van der Waals surface area contributed by atoms with E-state index in [2.05, 4.69) is 10.6 Å². The lowest BCUT2D eigenvalue weighted by Gasteiger charge is -1.99. The number of amides is 2. The standard InChI is InChI=1S/C13H14N2O2/c1-9(16)14-6-2-3-10-4-5-11-8-15-13(17)12(11)7-10/h2-5,7H,6,8H2,1H3,(H,14,16)(H,15,17). The van der Waals surface area contributed by atoms with E-state index in [1.807, 2.05) is 30.4 Å². The Kier molecular flexibility index (Phi) is 3.23. The summed E-state index contributed by atoms with van der Waals surface area (Å²) in [5.74, 6) is -0.0694. The summed E-state index contributed by atoms with van der Waals surface area (Å²) in [6.07, 6.45) is 3.75. The molecule has 0 unspecified atom stereocenters. The fourth-order valence-corrected chi connectivity index (χ4v) is 1.73. The highest BCUT2D eigenvalue weighted by Crippen LogP contribution is 2.17. The van der Waals surface area contributed by atoms with Crippen molar-refractivity contribution in [1.82, 2.24) is 10.6 Å². The molecule has 1 aromatic rings. The van der Waals surface area contributed by atoms with Crippen LogP contribution in [0.5, 0.6) is 0 Å². The molecule has 0 atom stereocenters. The number of carbonyl (C=O) groups excluding carboxylic acids is 2. The molecule has 4 heteroatoms. The molecule has 4 nitrogen and oxygen atoms in total. The number of nitrogens with one attached hydrogen (secondary N) is 2. The molecule has 0 aromatic heterocycles. The van der Waals surface area contributed by atoms with Crippen LogP contribution in [0, 0.1) is 0 Å². The SMILES string of the molecule is CC(=O)NCC=Cc1ccc2c(c1)C(=O)NC2. The summed E-state index contributed by atoms with van der Waals surface area (Å²) >= 11 is 0. The molecule has 0 fully saturated rings. The predicted molar refractivity (Wildman–Crippen MR) is 65.3 cm³/mol. The predicted octanol–water partition coefficient (Wildman–Crippen LogP) is 1.08. The molecule has 1 heterocycles. The average molecular weight is 230 g/mol. The third kappa shape index (κ3) is 2.72. The first-order valence-corrected chi connectivity index (χ1v) is 5.49. The second-order valence-electron chi connectivity index (χ2n) is 3.94. The van der Waals surface area contributed by atoms with Gasteiger partial charge in [0.2, 0.25) is 5.91 Å². The van der Waals surface area contributed by atoms with E-state index in [9.17, 15) is 9.59 Å². The normalized spacial score (nSPS) is 13.6. The van der Waals surface area contributed by atoms with Gasteiger partial charge >= 0.3 is 0 Å². The fourth-order valence-electron chi connectivity index (χ4n) is 1.73. The van der Waals surface area contributed by atoms with Gasteiger partial charge in [0.05, 0.1) is 0 Å². The van der Waals surface area contributed by atoms with Crippen molar-refractivity contribution in [2.45, 2.75) is 13.5 Å². The van der Waals surface area contributed by atoms with Gasteiger partial charge in [-0.15, -0.1) is 0 Å². The maximum Gasteiger partial charge on any atom is 0.251 e. The molecular formula is C13H14N2O2. The minimum Gasteiger partial charge on any atom is -0.353 e. The van der Waals surface area contributed by atoms with Gasteiger partial charge in [0.25, 0.3) is 5.91 Å². The van der Waals surface area contributed by atoms with Crippen LogP contribution in [-0.4, -0.2) is 18.4 Å². The van der Waals surface area contributed by atoms with Crippen LogP contribution in [0.2, 0.25) is 0 Å². The Morgan fingerprint density at radius 1 is 1.53 bits per heavy atom. The number of carbonyl (C=O) groups is 2. The minimum absolute atomic E-state index is 0.0166. The summed E-state index contributed by atoms with van der Waals surface area (Å²) in [5.41, 5.74) is 2.74. The third-order valence-corrected chi connectivity index (χ3v) is 2.60. The van der Waals surface area contributed by atoms with Crippen molar-refractivity contribution in [3.05, 3.63) is 41.0 Å². The average Bonchev–Trinajstić information content (AvgIpc) is 2.66. The van der Waals surface area contributed by atoms with Crippen LogP contribution in [0.3, 0.4) is 0 Å². The van der Waals surface area contributed by atoms with E-state index >= 15 is 0 Å². The van der Waals surface area contributed by atoms with E-state index in [-0.39, 0.29) is 11.8 Å². The summed E-state index contributed by atoms with van der Waals surface area (Å²) in [5, 5.41) is 5.45. The van der Waals surface area contributed by atoms with Crippen molar-refractivity contribution in [1.29, 1.82) is 0 Å². The largest absolute Gasteiger partial charge is 0.353 e. The van der Waals surface area contributed by atoms with Crippen LogP contribution in [0.1, 0.15) is 28.4 Å². The van der Waals surface area contributed by atoms with E-state index in [0.717, 1.165) is 16.7 Å². The maximum absolute atomic E-state index is 11.4. The van der Waals surface area contributed by atoms with Gasteiger partial charge in [-0.25, -0.2) is 0 Å². The van der Waals surface area contributed by atoms with Crippen LogP contribution >= 0.6 is 0 Å². The first kappa shape index (κ1) is 11.4. The molecule has 0 spiro atoms. The number of rotatable bonds is 3. The fraction of sp³-hybridized carbons (Fsp3) is 0.231. The molecule has 0 bridgehead atoms. The Labute approximate surface area is 99.7 Å². The molecule has 88 valence electrons. The van der Waals surface area contributed by atoms with E-state index < -0.39 is 0 Å². The summed E-state index contributed by atoms with van der Waals surface area (Å²) in [4.78, 5) is 22.1. The molecule has 2 amide bonds. The molecule has 2 rings (SSSR count). The first-order valence-electron chi connectivity index (χ1n) is 5.49. The monoisotopic (exact) mass is 230 g/mol. The zero-order valence-corrected chi connectivity index (χ0v) is 9.62. The van der Waals surface area contributed by atoms with Gasteiger partial charge in [-0.1, -0.05) is 24.3 Å².